The second kappa shape index (κ2) is 9.24. The number of aromatic nitrogens is 1. The number of rotatable bonds is 8. The van der Waals surface area contributed by atoms with Crippen molar-refractivity contribution >= 4 is 0 Å². The van der Waals surface area contributed by atoms with E-state index < -0.39 is 0 Å². The number of aromatic hydroxyl groups is 1. The predicted molar refractivity (Wildman–Crippen MR) is 110 cm³/mol. The largest absolute Gasteiger partial charge is 0.506 e. The Balaban J connectivity index is 1.65. The van der Waals surface area contributed by atoms with E-state index in [1.165, 1.54) is 0 Å². The van der Waals surface area contributed by atoms with Gasteiger partial charge in [0.15, 0.2) is 11.5 Å². The fourth-order valence-electron chi connectivity index (χ4n) is 2.91. The highest BCUT2D eigenvalue weighted by molar-refractivity contribution is 5.44. The number of hydrogen-bond acceptors (Lipinski definition) is 5. The molecule has 0 radical (unpaired) electrons. The summed E-state index contributed by atoms with van der Waals surface area (Å²) in [4.78, 5) is 4.38. The van der Waals surface area contributed by atoms with Crippen molar-refractivity contribution in [2.75, 3.05) is 7.11 Å². The normalized spacial score (nSPS) is 11.8. The topological polar surface area (TPSA) is 63.6 Å². The lowest BCUT2D eigenvalue weighted by Crippen LogP contribution is -2.19. The summed E-state index contributed by atoms with van der Waals surface area (Å²) in [5.41, 5.74) is 3.69. The Morgan fingerprint density at radius 3 is 2.57 bits per heavy atom. The third-order valence-corrected chi connectivity index (χ3v) is 4.59. The molecule has 0 aliphatic heterocycles. The summed E-state index contributed by atoms with van der Waals surface area (Å²) in [6, 6.07) is 19.5. The molecule has 1 atom stereocenters. The average molecular weight is 378 g/mol. The van der Waals surface area contributed by atoms with Crippen molar-refractivity contribution < 1.29 is 14.6 Å². The van der Waals surface area contributed by atoms with E-state index in [1.54, 1.807) is 19.2 Å². The molecule has 0 bridgehead atoms. The summed E-state index contributed by atoms with van der Waals surface area (Å²) < 4.78 is 11.4. The van der Waals surface area contributed by atoms with Gasteiger partial charge in [0, 0.05) is 18.3 Å². The number of ether oxygens (including phenoxy) is 2. The smallest absolute Gasteiger partial charge is 0.161 e. The first kappa shape index (κ1) is 19.7. The van der Waals surface area contributed by atoms with Crippen LogP contribution in [0.25, 0.3) is 0 Å². The molecule has 5 nitrogen and oxygen atoms in total. The van der Waals surface area contributed by atoms with E-state index in [9.17, 15) is 5.11 Å². The van der Waals surface area contributed by atoms with Crippen LogP contribution in [0, 0.1) is 6.92 Å². The van der Waals surface area contributed by atoms with E-state index in [0.717, 1.165) is 16.8 Å². The maximum absolute atomic E-state index is 9.95. The van der Waals surface area contributed by atoms with Crippen molar-refractivity contribution in [3.63, 3.8) is 0 Å². The van der Waals surface area contributed by atoms with Crippen LogP contribution in [0.15, 0.2) is 60.7 Å². The number of aryl methyl sites for hydroxylation is 1. The molecule has 5 heteroatoms. The van der Waals surface area contributed by atoms with Crippen LogP contribution in [0.4, 0.5) is 0 Å². The van der Waals surface area contributed by atoms with Gasteiger partial charge in [-0.1, -0.05) is 36.4 Å². The number of nitrogens with one attached hydrogen (secondary N) is 1. The third kappa shape index (κ3) is 5.02. The van der Waals surface area contributed by atoms with Gasteiger partial charge in [-0.05, 0) is 49.2 Å². The summed E-state index contributed by atoms with van der Waals surface area (Å²) in [5.74, 6) is 1.60. The highest BCUT2D eigenvalue weighted by Crippen LogP contribution is 2.31. The molecule has 3 rings (SSSR count). The second-order valence-electron chi connectivity index (χ2n) is 6.71. The van der Waals surface area contributed by atoms with Gasteiger partial charge >= 0.3 is 0 Å². The van der Waals surface area contributed by atoms with Crippen LogP contribution in [0.2, 0.25) is 0 Å². The molecule has 2 aromatic carbocycles. The number of nitrogens with zero attached hydrogens (tertiary/aromatic N) is 1. The molecule has 0 saturated heterocycles. The molecule has 0 aliphatic carbocycles. The lowest BCUT2D eigenvalue weighted by molar-refractivity contribution is 0.284. The van der Waals surface area contributed by atoms with Gasteiger partial charge < -0.3 is 19.9 Å². The SMILES string of the molecule is COc1cc(C(C)NCc2nc(C)ccc2O)ccc1OCc1ccccc1. The van der Waals surface area contributed by atoms with Crippen molar-refractivity contribution in [1.29, 1.82) is 0 Å². The average Bonchev–Trinajstić information content (AvgIpc) is 2.73. The molecule has 1 heterocycles. The van der Waals surface area contributed by atoms with E-state index in [2.05, 4.69) is 17.2 Å². The van der Waals surface area contributed by atoms with Gasteiger partial charge in [-0.2, -0.15) is 0 Å². The lowest BCUT2D eigenvalue weighted by atomic mass is 10.1. The highest BCUT2D eigenvalue weighted by atomic mass is 16.5. The minimum absolute atomic E-state index is 0.0544. The monoisotopic (exact) mass is 378 g/mol. The zero-order valence-corrected chi connectivity index (χ0v) is 16.5. The molecule has 1 aromatic heterocycles. The number of hydrogen-bond donors (Lipinski definition) is 2. The van der Waals surface area contributed by atoms with Gasteiger partial charge in [0.05, 0.1) is 12.8 Å². The van der Waals surface area contributed by atoms with E-state index >= 15 is 0 Å². The molecule has 3 aromatic rings. The lowest BCUT2D eigenvalue weighted by Gasteiger charge is -2.17. The Kier molecular flexibility index (Phi) is 6.50. The number of benzene rings is 2. The van der Waals surface area contributed by atoms with Gasteiger partial charge in [-0.25, -0.2) is 0 Å². The van der Waals surface area contributed by atoms with Gasteiger partial charge in [-0.15, -0.1) is 0 Å². The molecule has 0 saturated carbocycles. The van der Waals surface area contributed by atoms with E-state index in [-0.39, 0.29) is 11.8 Å². The van der Waals surface area contributed by atoms with Crippen LogP contribution in [-0.4, -0.2) is 17.2 Å². The Bertz CT molecular complexity index is 913. The quantitative estimate of drug-likeness (QED) is 0.603. The molecule has 2 N–H and O–H groups in total. The first-order valence-corrected chi connectivity index (χ1v) is 9.30. The maximum atomic E-state index is 9.95. The van der Waals surface area contributed by atoms with E-state index in [4.69, 9.17) is 9.47 Å². The minimum atomic E-state index is 0.0544. The summed E-state index contributed by atoms with van der Waals surface area (Å²) in [5, 5.41) is 13.3. The Morgan fingerprint density at radius 2 is 1.82 bits per heavy atom. The van der Waals surface area contributed by atoms with Gasteiger partial charge in [0.25, 0.3) is 0 Å². The molecule has 28 heavy (non-hydrogen) atoms. The van der Waals surface area contributed by atoms with Crippen molar-refractivity contribution in [3.8, 4) is 17.2 Å². The standard InChI is InChI=1S/C23H26N2O3/c1-16-9-11-21(26)20(25-16)14-24-17(2)19-10-12-22(23(13-19)27-3)28-15-18-7-5-4-6-8-18/h4-13,17,24,26H,14-15H2,1-3H3. The Hall–Kier alpha value is -3.05. The van der Waals surface area contributed by atoms with Crippen molar-refractivity contribution in [3.05, 3.63) is 83.2 Å². The Morgan fingerprint density at radius 1 is 1.04 bits per heavy atom. The van der Waals surface area contributed by atoms with Gasteiger partial charge in [0.1, 0.15) is 12.4 Å². The molecule has 0 amide bonds. The van der Waals surface area contributed by atoms with Crippen LogP contribution in [0.1, 0.15) is 35.5 Å². The summed E-state index contributed by atoms with van der Waals surface area (Å²) in [6.07, 6.45) is 0. The summed E-state index contributed by atoms with van der Waals surface area (Å²) >= 11 is 0. The van der Waals surface area contributed by atoms with E-state index in [1.807, 2.05) is 55.5 Å². The molecule has 1 unspecified atom stereocenters. The second-order valence-corrected chi connectivity index (χ2v) is 6.71. The zero-order chi connectivity index (χ0) is 19.9. The molecule has 0 aliphatic rings. The predicted octanol–water partition coefficient (Wildman–Crippen LogP) is 4.53. The first-order valence-electron chi connectivity index (χ1n) is 9.30. The van der Waals surface area contributed by atoms with Gasteiger partial charge in [0.2, 0.25) is 0 Å². The van der Waals surface area contributed by atoms with Crippen molar-refractivity contribution in [1.82, 2.24) is 10.3 Å². The number of pyridine rings is 1. The molecular formula is C23H26N2O3. The third-order valence-electron chi connectivity index (χ3n) is 4.59. The maximum Gasteiger partial charge on any atom is 0.161 e. The fourth-order valence-corrected chi connectivity index (χ4v) is 2.91. The van der Waals surface area contributed by atoms with Crippen molar-refractivity contribution in [2.24, 2.45) is 0 Å². The summed E-state index contributed by atoms with van der Waals surface area (Å²) in [7, 11) is 1.64. The number of methoxy groups -OCH3 is 1. The zero-order valence-electron chi connectivity index (χ0n) is 16.5. The van der Waals surface area contributed by atoms with Gasteiger partial charge in [-0.3, -0.25) is 4.98 Å². The van der Waals surface area contributed by atoms with Crippen molar-refractivity contribution in [2.45, 2.75) is 33.0 Å². The summed E-state index contributed by atoms with van der Waals surface area (Å²) in [6.45, 7) is 4.93. The first-order chi connectivity index (χ1) is 13.6. The minimum Gasteiger partial charge on any atom is -0.506 e. The fraction of sp³-hybridized carbons (Fsp3) is 0.261. The highest BCUT2D eigenvalue weighted by Gasteiger charge is 2.12. The molecule has 146 valence electrons. The van der Waals surface area contributed by atoms with Crippen LogP contribution < -0.4 is 14.8 Å². The van der Waals surface area contributed by atoms with E-state index in [0.29, 0.717) is 30.3 Å². The van der Waals surface area contributed by atoms with Crippen LogP contribution >= 0.6 is 0 Å². The Labute approximate surface area is 166 Å². The van der Waals surface area contributed by atoms with Crippen LogP contribution in [0.3, 0.4) is 0 Å². The molecule has 0 fully saturated rings. The molecule has 0 spiro atoms. The molecular weight excluding hydrogens is 352 g/mol. The van der Waals surface area contributed by atoms with Crippen LogP contribution in [0.5, 0.6) is 17.2 Å². The van der Waals surface area contributed by atoms with Crippen LogP contribution in [-0.2, 0) is 13.2 Å².